The molecule has 1 aromatic carbocycles. The second kappa shape index (κ2) is 9.57. The van der Waals surface area contributed by atoms with Crippen molar-refractivity contribution in [2.45, 2.75) is 39.5 Å². The topological polar surface area (TPSA) is 60.7 Å². The van der Waals surface area contributed by atoms with Crippen molar-refractivity contribution in [2.75, 3.05) is 23.7 Å². The molecule has 0 saturated carbocycles. The van der Waals surface area contributed by atoms with Crippen LogP contribution in [0, 0.1) is 11.3 Å². The summed E-state index contributed by atoms with van der Waals surface area (Å²) in [5, 5.41) is 16.4. The van der Waals surface area contributed by atoms with E-state index < -0.39 is 0 Å². The van der Waals surface area contributed by atoms with E-state index in [-0.39, 0.29) is 0 Å². The Balaban J connectivity index is 2.40. The van der Waals surface area contributed by atoms with Gasteiger partial charge in [0.25, 0.3) is 0 Å². The summed E-state index contributed by atoms with van der Waals surface area (Å²) in [7, 11) is 0. The Hall–Kier alpha value is -2.54. The number of aromatic nitrogens is 1. The fourth-order valence-corrected chi connectivity index (χ4v) is 2.50. The number of benzene rings is 1. The number of nitriles is 1. The predicted octanol–water partition coefficient (Wildman–Crippen LogP) is 5.04. The first-order chi connectivity index (χ1) is 11.8. The molecule has 0 saturated heterocycles. The molecule has 126 valence electrons. The first-order valence-electron chi connectivity index (χ1n) is 8.78. The molecule has 1 heterocycles. The van der Waals surface area contributed by atoms with Crippen molar-refractivity contribution in [1.82, 2.24) is 4.98 Å². The van der Waals surface area contributed by atoms with Crippen molar-refractivity contribution in [1.29, 1.82) is 5.26 Å². The summed E-state index contributed by atoms with van der Waals surface area (Å²) in [5.41, 5.74) is 2.57. The van der Waals surface area contributed by atoms with E-state index in [2.05, 4.69) is 35.5 Å². The minimum Gasteiger partial charge on any atom is -0.370 e. The van der Waals surface area contributed by atoms with Gasteiger partial charge in [0.2, 0.25) is 0 Å². The summed E-state index contributed by atoms with van der Waals surface area (Å²) in [6.45, 7) is 6.03. The lowest BCUT2D eigenvalue weighted by Crippen LogP contribution is -2.09. The van der Waals surface area contributed by atoms with Gasteiger partial charge < -0.3 is 10.6 Å². The Morgan fingerprint density at radius 1 is 1.00 bits per heavy atom. The zero-order valence-corrected chi connectivity index (χ0v) is 14.6. The molecule has 2 aromatic rings. The van der Waals surface area contributed by atoms with Crippen molar-refractivity contribution >= 4 is 11.6 Å². The van der Waals surface area contributed by atoms with E-state index >= 15 is 0 Å². The zero-order chi connectivity index (χ0) is 17.2. The van der Waals surface area contributed by atoms with Gasteiger partial charge in [0.05, 0.1) is 0 Å². The maximum Gasteiger partial charge on any atom is 0.147 e. The maximum absolute atomic E-state index is 9.67. The van der Waals surface area contributed by atoms with E-state index in [1.165, 1.54) is 0 Å². The SMILES string of the molecule is CCCCNc1cc(-c2ccccc2)c(C#N)c(NCCCC)n1. The highest BCUT2D eigenvalue weighted by molar-refractivity contribution is 5.78. The van der Waals surface area contributed by atoms with Gasteiger partial charge in [0.1, 0.15) is 23.3 Å². The van der Waals surface area contributed by atoms with Gasteiger partial charge in [-0.05, 0) is 24.5 Å². The minimum absolute atomic E-state index is 0.610. The van der Waals surface area contributed by atoms with E-state index in [1.807, 2.05) is 36.4 Å². The smallest absolute Gasteiger partial charge is 0.147 e. The molecule has 4 nitrogen and oxygen atoms in total. The van der Waals surface area contributed by atoms with E-state index in [4.69, 9.17) is 0 Å². The third-order valence-electron chi connectivity index (χ3n) is 3.88. The summed E-state index contributed by atoms with van der Waals surface area (Å²) >= 11 is 0. The lowest BCUT2D eigenvalue weighted by molar-refractivity contribution is 0.825. The molecule has 4 heteroatoms. The van der Waals surface area contributed by atoms with Crippen LogP contribution in [0.1, 0.15) is 45.1 Å². The second-order valence-corrected chi connectivity index (χ2v) is 5.82. The van der Waals surface area contributed by atoms with Gasteiger partial charge in [-0.15, -0.1) is 0 Å². The molecule has 2 rings (SSSR count). The van der Waals surface area contributed by atoms with Crippen LogP contribution >= 0.6 is 0 Å². The predicted molar refractivity (Wildman–Crippen MR) is 101 cm³/mol. The van der Waals surface area contributed by atoms with Gasteiger partial charge in [-0.25, -0.2) is 4.98 Å². The number of hydrogen-bond acceptors (Lipinski definition) is 4. The number of nitrogens with one attached hydrogen (secondary N) is 2. The van der Waals surface area contributed by atoms with Crippen LogP contribution in [0.25, 0.3) is 11.1 Å². The Kier molecular flexibility index (Phi) is 7.10. The van der Waals surface area contributed by atoms with Crippen molar-refractivity contribution < 1.29 is 0 Å². The zero-order valence-electron chi connectivity index (χ0n) is 14.6. The molecule has 24 heavy (non-hydrogen) atoms. The summed E-state index contributed by atoms with van der Waals surface area (Å²) in [5.74, 6) is 1.49. The quantitative estimate of drug-likeness (QED) is 0.635. The Morgan fingerprint density at radius 2 is 1.67 bits per heavy atom. The largest absolute Gasteiger partial charge is 0.370 e. The van der Waals surface area contributed by atoms with Crippen LogP contribution in [0.4, 0.5) is 11.6 Å². The van der Waals surface area contributed by atoms with Crippen LogP contribution in [-0.2, 0) is 0 Å². The molecule has 0 bridgehead atoms. The van der Waals surface area contributed by atoms with Gasteiger partial charge in [-0.3, -0.25) is 0 Å². The third kappa shape index (κ3) is 4.73. The standard InChI is InChI=1S/C20H26N4/c1-3-5-12-22-19-14-17(16-10-8-7-9-11-16)18(15-21)20(24-19)23-13-6-4-2/h7-11,14H,3-6,12-13H2,1-2H3,(H2,22,23,24). The fraction of sp³-hybridized carbons (Fsp3) is 0.400. The van der Waals surface area contributed by atoms with E-state index in [0.717, 1.165) is 55.7 Å². The van der Waals surface area contributed by atoms with Crippen molar-refractivity contribution in [3.05, 3.63) is 42.0 Å². The molecule has 0 aliphatic heterocycles. The van der Waals surface area contributed by atoms with Gasteiger partial charge in [-0.1, -0.05) is 57.0 Å². The second-order valence-electron chi connectivity index (χ2n) is 5.82. The first-order valence-corrected chi connectivity index (χ1v) is 8.78. The van der Waals surface area contributed by atoms with Gasteiger partial charge >= 0.3 is 0 Å². The highest BCUT2D eigenvalue weighted by Crippen LogP contribution is 2.30. The Morgan fingerprint density at radius 3 is 2.29 bits per heavy atom. The molecule has 0 atom stereocenters. The Bertz CT molecular complexity index is 674. The average Bonchev–Trinajstić information content (AvgIpc) is 2.62. The van der Waals surface area contributed by atoms with Crippen molar-refractivity contribution in [3.8, 4) is 17.2 Å². The van der Waals surface area contributed by atoms with Gasteiger partial charge in [-0.2, -0.15) is 5.26 Å². The van der Waals surface area contributed by atoms with Gasteiger partial charge in [0.15, 0.2) is 0 Å². The number of anilines is 2. The summed E-state index contributed by atoms with van der Waals surface area (Å²) in [6, 6.07) is 14.3. The lowest BCUT2D eigenvalue weighted by atomic mass is 10.0. The maximum atomic E-state index is 9.67. The molecule has 0 fully saturated rings. The number of pyridine rings is 1. The fourth-order valence-electron chi connectivity index (χ4n) is 2.50. The summed E-state index contributed by atoms with van der Waals surface area (Å²) in [6.07, 6.45) is 4.40. The number of nitrogens with zero attached hydrogens (tertiary/aromatic N) is 2. The third-order valence-corrected chi connectivity index (χ3v) is 3.88. The molecule has 1 aromatic heterocycles. The van der Waals surface area contributed by atoms with E-state index in [1.54, 1.807) is 0 Å². The van der Waals surface area contributed by atoms with Crippen LogP contribution in [-0.4, -0.2) is 18.1 Å². The minimum atomic E-state index is 0.610. The molecule has 0 amide bonds. The molecular formula is C20H26N4. The van der Waals surface area contributed by atoms with E-state index in [0.29, 0.717) is 11.4 Å². The highest BCUT2D eigenvalue weighted by atomic mass is 15.1. The number of hydrogen-bond donors (Lipinski definition) is 2. The summed E-state index contributed by atoms with van der Waals surface area (Å²) < 4.78 is 0. The van der Waals surface area contributed by atoms with Crippen LogP contribution < -0.4 is 10.6 Å². The molecule has 0 aliphatic carbocycles. The number of unbranched alkanes of at least 4 members (excludes halogenated alkanes) is 2. The van der Waals surface area contributed by atoms with Crippen LogP contribution in [0.5, 0.6) is 0 Å². The monoisotopic (exact) mass is 322 g/mol. The molecule has 0 spiro atoms. The normalized spacial score (nSPS) is 10.2. The van der Waals surface area contributed by atoms with Crippen LogP contribution in [0.2, 0.25) is 0 Å². The van der Waals surface area contributed by atoms with E-state index in [9.17, 15) is 5.26 Å². The van der Waals surface area contributed by atoms with Crippen LogP contribution in [0.15, 0.2) is 36.4 Å². The molecule has 2 N–H and O–H groups in total. The van der Waals surface area contributed by atoms with Crippen molar-refractivity contribution in [2.24, 2.45) is 0 Å². The number of rotatable bonds is 9. The summed E-state index contributed by atoms with van der Waals surface area (Å²) in [4.78, 5) is 4.63. The van der Waals surface area contributed by atoms with Crippen LogP contribution in [0.3, 0.4) is 0 Å². The molecule has 0 unspecified atom stereocenters. The highest BCUT2D eigenvalue weighted by Gasteiger charge is 2.14. The average molecular weight is 322 g/mol. The molecular weight excluding hydrogens is 296 g/mol. The van der Waals surface area contributed by atoms with Gasteiger partial charge in [0, 0.05) is 18.7 Å². The lowest BCUT2D eigenvalue weighted by Gasteiger charge is -2.14. The molecule has 0 radical (unpaired) electrons. The first kappa shape index (κ1) is 17.8. The van der Waals surface area contributed by atoms with Crippen molar-refractivity contribution in [3.63, 3.8) is 0 Å². The molecule has 0 aliphatic rings. The Labute approximate surface area is 144 Å².